The predicted octanol–water partition coefficient (Wildman–Crippen LogP) is 3.40. The maximum Gasteiger partial charge on any atom is 0.0693 e. The summed E-state index contributed by atoms with van der Waals surface area (Å²) in [5.41, 5.74) is 6.86. The molecule has 0 aromatic rings. The zero-order valence-corrected chi connectivity index (χ0v) is 13.0. The monoisotopic (exact) mass is 281 g/mol. The standard InChI is InChI=1S/C17H31NO2/c1-19-16(9-5-10-16)13-15(18)14-6-11-20-17(12-14)7-3-2-4-8-17/h14-15H,2-13,18H2,1H3. The van der Waals surface area contributed by atoms with Crippen molar-refractivity contribution in [1.82, 2.24) is 0 Å². The Morgan fingerprint density at radius 1 is 1.15 bits per heavy atom. The molecule has 3 nitrogen and oxygen atoms in total. The molecule has 3 rings (SSSR count). The number of hydrogen-bond donors (Lipinski definition) is 1. The van der Waals surface area contributed by atoms with Crippen LogP contribution in [0.1, 0.15) is 70.6 Å². The van der Waals surface area contributed by atoms with Crippen molar-refractivity contribution in [2.45, 2.75) is 87.9 Å². The molecule has 0 bridgehead atoms. The first-order chi connectivity index (χ1) is 9.67. The predicted molar refractivity (Wildman–Crippen MR) is 80.7 cm³/mol. The Morgan fingerprint density at radius 2 is 1.90 bits per heavy atom. The first kappa shape index (κ1) is 14.8. The van der Waals surface area contributed by atoms with Gasteiger partial charge < -0.3 is 15.2 Å². The van der Waals surface area contributed by atoms with Gasteiger partial charge >= 0.3 is 0 Å². The molecule has 0 aromatic carbocycles. The molecule has 2 atom stereocenters. The lowest BCUT2D eigenvalue weighted by atomic mass is 9.69. The Kier molecular flexibility index (Phi) is 4.40. The van der Waals surface area contributed by atoms with Gasteiger partial charge in [0.2, 0.25) is 0 Å². The summed E-state index contributed by atoms with van der Waals surface area (Å²) in [4.78, 5) is 0. The summed E-state index contributed by atoms with van der Waals surface area (Å²) in [7, 11) is 1.86. The molecule has 2 aliphatic carbocycles. The summed E-state index contributed by atoms with van der Waals surface area (Å²) in [6.07, 6.45) is 13.6. The van der Waals surface area contributed by atoms with Crippen LogP contribution in [0.15, 0.2) is 0 Å². The summed E-state index contributed by atoms with van der Waals surface area (Å²) in [5, 5.41) is 0. The first-order valence-corrected chi connectivity index (χ1v) is 8.62. The van der Waals surface area contributed by atoms with Gasteiger partial charge in [0.1, 0.15) is 0 Å². The fraction of sp³-hybridized carbons (Fsp3) is 1.00. The van der Waals surface area contributed by atoms with Gasteiger partial charge in [0, 0.05) is 19.8 Å². The molecule has 0 amide bonds. The van der Waals surface area contributed by atoms with E-state index in [2.05, 4.69) is 0 Å². The number of hydrogen-bond acceptors (Lipinski definition) is 3. The van der Waals surface area contributed by atoms with Crippen molar-refractivity contribution >= 4 is 0 Å². The van der Waals surface area contributed by atoms with Crippen molar-refractivity contribution in [1.29, 1.82) is 0 Å². The van der Waals surface area contributed by atoms with Crippen LogP contribution in [-0.2, 0) is 9.47 Å². The van der Waals surface area contributed by atoms with Crippen LogP contribution in [0.2, 0.25) is 0 Å². The van der Waals surface area contributed by atoms with E-state index >= 15 is 0 Å². The van der Waals surface area contributed by atoms with Gasteiger partial charge in [-0.15, -0.1) is 0 Å². The molecule has 3 fully saturated rings. The molecule has 2 saturated carbocycles. The Labute approximate surface area is 123 Å². The van der Waals surface area contributed by atoms with Gasteiger partial charge in [0.15, 0.2) is 0 Å². The smallest absolute Gasteiger partial charge is 0.0693 e. The minimum absolute atomic E-state index is 0.109. The Hall–Kier alpha value is -0.120. The SMILES string of the molecule is COC1(CC(N)C2CCOC3(CCCCC3)C2)CCC1. The number of methoxy groups -OCH3 is 1. The van der Waals surface area contributed by atoms with Crippen molar-refractivity contribution in [3.05, 3.63) is 0 Å². The van der Waals surface area contributed by atoms with Gasteiger partial charge in [0.05, 0.1) is 11.2 Å². The Bertz CT molecular complexity index is 310. The topological polar surface area (TPSA) is 44.5 Å². The molecule has 0 aromatic heterocycles. The van der Waals surface area contributed by atoms with Gasteiger partial charge in [-0.05, 0) is 57.3 Å². The third kappa shape index (κ3) is 2.90. The van der Waals surface area contributed by atoms with Gasteiger partial charge in [-0.2, -0.15) is 0 Å². The van der Waals surface area contributed by atoms with E-state index in [1.807, 2.05) is 7.11 Å². The van der Waals surface area contributed by atoms with Crippen LogP contribution in [-0.4, -0.2) is 31.0 Å². The molecule has 1 heterocycles. The fourth-order valence-electron chi connectivity index (χ4n) is 4.63. The van der Waals surface area contributed by atoms with Crippen molar-refractivity contribution in [2.75, 3.05) is 13.7 Å². The lowest BCUT2D eigenvalue weighted by Crippen LogP contribution is -2.50. The van der Waals surface area contributed by atoms with E-state index in [-0.39, 0.29) is 17.2 Å². The van der Waals surface area contributed by atoms with Gasteiger partial charge in [-0.1, -0.05) is 19.3 Å². The normalized spacial score (nSPS) is 33.6. The Morgan fingerprint density at radius 3 is 2.50 bits per heavy atom. The molecule has 1 spiro atoms. The molecule has 2 unspecified atom stereocenters. The van der Waals surface area contributed by atoms with Crippen LogP contribution in [0.5, 0.6) is 0 Å². The average Bonchev–Trinajstić information content (AvgIpc) is 2.43. The van der Waals surface area contributed by atoms with Gasteiger partial charge in [0.25, 0.3) is 0 Å². The number of ether oxygens (including phenoxy) is 2. The molecule has 116 valence electrons. The van der Waals surface area contributed by atoms with Crippen molar-refractivity contribution in [3.8, 4) is 0 Å². The van der Waals surface area contributed by atoms with Crippen LogP contribution in [0, 0.1) is 5.92 Å². The lowest BCUT2D eigenvalue weighted by Gasteiger charge is -2.48. The highest BCUT2D eigenvalue weighted by molar-refractivity contribution is 4.97. The van der Waals surface area contributed by atoms with E-state index in [4.69, 9.17) is 15.2 Å². The largest absolute Gasteiger partial charge is 0.378 e. The third-order valence-electron chi connectivity index (χ3n) is 6.21. The molecule has 1 saturated heterocycles. The highest BCUT2D eigenvalue weighted by atomic mass is 16.5. The second-order valence-electron chi connectivity index (χ2n) is 7.45. The Balaban J connectivity index is 1.58. The van der Waals surface area contributed by atoms with E-state index in [1.54, 1.807) is 0 Å². The van der Waals surface area contributed by atoms with Crippen molar-refractivity contribution in [3.63, 3.8) is 0 Å². The van der Waals surface area contributed by atoms with E-state index in [0.717, 1.165) is 19.4 Å². The van der Waals surface area contributed by atoms with Crippen LogP contribution >= 0.6 is 0 Å². The first-order valence-electron chi connectivity index (χ1n) is 8.62. The summed E-state index contributed by atoms with van der Waals surface area (Å²) in [5.74, 6) is 0.634. The van der Waals surface area contributed by atoms with Crippen LogP contribution in [0.25, 0.3) is 0 Å². The molecule has 1 aliphatic heterocycles. The molecule has 0 radical (unpaired) electrons. The zero-order chi connectivity index (χ0) is 14.1. The molecule has 2 N–H and O–H groups in total. The molecule has 20 heavy (non-hydrogen) atoms. The number of nitrogens with two attached hydrogens (primary N) is 1. The van der Waals surface area contributed by atoms with Crippen LogP contribution in [0.4, 0.5) is 0 Å². The molecular formula is C17H31NO2. The fourth-order valence-corrected chi connectivity index (χ4v) is 4.63. The van der Waals surface area contributed by atoms with E-state index in [1.165, 1.54) is 57.8 Å². The molecule has 3 aliphatic rings. The molecular weight excluding hydrogens is 250 g/mol. The van der Waals surface area contributed by atoms with Crippen LogP contribution in [0.3, 0.4) is 0 Å². The van der Waals surface area contributed by atoms with Crippen molar-refractivity contribution < 1.29 is 9.47 Å². The summed E-state index contributed by atoms with van der Waals surface area (Å²) in [6.45, 7) is 0.915. The summed E-state index contributed by atoms with van der Waals surface area (Å²) in [6, 6.07) is 0.290. The third-order valence-corrected chi connectivity index (χ3v) is 6.21. The van der Waals surface area contributed by atoms with E-state index in [0.29, 0.717) is 5.92 Å². The van der Waals surface area contributed by atoms with Gasteiger partial charge in [-0.3, -0.25) is 0 Å². The maximum atomic E-state index is 6.57. The average molecular weight is 281 g/mol. The van der Waals surface area contributed by atoms with E-state index in [9.17, 15) is 0 Å². The lowest BCUT2D eigenvalue weighted by molar-refractivity contribution is -0.129. The minimum Gasteiger partial charge on any atom is -0.378 e. The zero-order valence-electron chi connectivity index (χ0n) is 13.0. The van der Waals surface area contributed by atoms with Gasteiger partial charge in [-0.25, -0.2) is 0 Å². The summed E-state index contributed by atoms with van der Waals surface area (Å²) < 4.78 is 12.0. The second kappa shape index (κ2) is 5.94. The maximum absolute atomic E-state index is 6.57. The summed E-state index contributed by atoms with van der Waals surface area (Å²) >= 11 is 0. The highest BCUT2D eigenvalue weighted by Gasteiger charge is 2.44. The van der Waals surface area contributed by atoms with Crippen LogP contribution < -0.4 is 5.73 Å². The minimum atomic E-state index is 0.109. The van der Waals surface area contributed by atoms with Crippen molar-refractivity contribution in [2.24, 2.45) is 11.7 Å². The van der Waals surface area contributed by atoms with E-state index < -0.39 is 0 Å². The number of rotatable bonds is 4. The second-order valence-corrected chi connectivity index (χ2v) is 7.45. The quantitative estimate of drug-likeness (QED) is 0.859. The highest BCUT2D eigenvalue weighted by Crippen LogP contribution is 2.44. The molecule has 3 heteroatoms.